The van der Waals surface area contributed by atoms with E-state index in [2.05, 4.69) is 17.5 Å². The molecule has 0 aromatic heterocycles. The maximum atomic E-state index is 13.3. The smallest absolute Gasteiger partial charge is 0.233 e. The van der Waals surface area contributed by atoms with E-state index >= 15 is 0 Å². The largest absolute Gasteiger partial charge is 0.326 e. The number of ketones is 1. The minimum Gasteiger partial charge on any atom is -0.326 e. The molecule has 6 heteroatoms. The third kappa shape index (κ3) is 2.91. The summed E-state index contributed by atoms with van der Waals surface area (Å²) in [7, 11) is 0. The van der Waals surface area contributed by atoms with Crippen LogP contribution in [0.15, 0.2) is 36.4 Å². The summed E-state index contributed by atoms with van der Waals surface area (Å²) in [6.07, 6.45) is 8.31. The van der Waals surface area contributed by atoms with Gasteiger partial charge in [-0.05, 0) is 87.0 Å². The zero-order chi connectivity index (χ0) is 22.1. The first-order valence-electron chi connectivity index (χ1n) is 11.9. The molecule has 166 valence electrons. The van der Waals surface area contributed by atoms with Gasteiger partial charge >= 0.3 is 0 Å². The highest BCUT2D eigenvalue weighted by atomic mass is 16.2. The van der Waals surface area contributed by atoms with Crippen molar-refractivity contribution < 1.29 is 19.2 Å². The Morgan fingerprint density at radius 2 is 1.44 bits per heavy atom. The minimum absolute atomic E-state index is 0.00661. The van der Waals surface area contributed by atoms with E-state index in [1.54, 1.807) is 29.2 Å². The summed E-state index contributed by atoms with van der Waals surface area (Å²) in [4.78, 5) is 52.4. The monoisotopic (exact) mass is 432 g/mol. The number of carbonyl (C=O) groups is 4. The highest BCUT2D eigenvalue weighted by Gasteiger charge is 2.67. The average Bonchev–Trinajstić information content (AvgIpc) is 3.58. The van der Waals surface area contributed by atoms with Crippen molar-refractivity contribution in [3.8, 4) is 0 Å². The van der Waals surface area contributed by atoms with Gasteiger partial charge in [-0.2, -0.15) is 0 Å². The first-order valence-corrected chi connectivity index (χ1v) is 11.9. The fourth-order valence-corrected chi connectivity index (χ4v) is 6.97. The van der Waals surface area contributed by atoms with Crippen LogP contribution in [0.25, 0.3) is 0 Å². The normalized spacial score (nSPS) is 39.0. The number of hydrogen-bond donors (Lipinski definition) is 1. The van der Waals surface area contributed by atoms with Crippen molar-refractivity contribution >= 4 is 29.2 Å². The van der Waals surface area contributed by atoms with E-state index in [4.69, 9.17) is 0 Å². The predicted molar refractivity (Wildman–Crippen MR) is 117 cm³/mol. The molecule has 3 amide bonds. The van der Waals surface area contributed by atoms with Crippen molar-refractivity contribution in [3.05, 3.63) is 42.0 Å². The Kier molecular flexibility index (Phi) is 4.43. The summed E-state index contributed by atoms with van der Waals surface area (Å²) in [5, 5.41) is 2.94. The van der Waals surface area contributed by atoms with Crippen LogP contribution >= 0.6 is 0 Å². The lowest BCUT2D eigenvalue weighted by Crippen LogP contribution is -2.44. The number of anilines is 1. The molecule has 2 bridgehead atoms. The first kappa shape index (κ1) is 19.9. The van der Waals surface area contributed by atoms with E-state index in [1.807, 2.05) is 0 Å². The molecule has 1 aromatic carbocycles. The predicted octanol–water partition coefficient (Wildman–Crippen LogP) is 3.44. The van der Waals surface area contributed by atoms with E-state index in [0.717, 1.165) is 0 Å². The van der Waals surface area contributed by atoms with Crippen LogP contribution in [0, 0.1) is 41.4 Å². The molecule has 3 saturated carbocycles. The Bertz CT molecular complexity index is 1000. The van der Waals surface area contributed by atoms with Gasteiger partial charge in [0.15, 0.2) is 5.78 Å². The zero-order valence-corrected chi connectivity index (χ0v) is 18.2. The van der Waals surface area contributed by atoms with Crippen LogP contribution in [0.3, 0.4) is 0 Å². The number of hydrogen-bond acceptors (Lipinski definition) is 4. The number of imide groups is 1. The Morgan fingerprint density at radius 1 is 0.875 bits per heavy atom. The molecular weight excluding hydrogens is 404 g/mol. The molecule has 6 nitrogen and oxygen atoms in total. The summed E-state index contributed by atoms with van der Waals surface area (Å²) in [5.74, 6) is 1.40. The molecule has 0 spiro atoms. The summed E-state index contributed by atoms with van der Waals surface area (Å²) in [5.41, 5.74) is 1.29. The van der Waals surface area contributed by atoms with Crippen LogP contribution in [-0.4, -0.2) is 34.4 Å². The van der Waals surface area contributed by atoms with Gasteiger partial charge in [0.2, 0.25) is 17.7 Å². The van der Waals surface area contributed by atoms with E-state index in [0.29, 0.717) is 48.8 Å². The molecular formula is C26H28N2O4. The Morgan fingerprint density at radius 3 is 1.97 bits per heavy atom. The molecule has 1 aromatic rings. The molecule has 1 N–H and O–H groups in total. The number of nitrogens with zero attached hydrogens (tertiary/aromatic N) is 1. The Hall–Kier alpha value is -2.76. The number of allylic oxidation sites excluding steroid dienone is 2. The SMILES string of the molecule is CC(=O)c1ccc(NC(=O)C2CCC(N3C(=O)[C@@H]4[C@H]5C=C[C@@H]([C@@H]6C[C@H]56)[C@H]4C3=O)CC2)cc1. The van der Waals surface area contributed by atoms with Crippen LogP contribution in [0.5, 0.6) is 0 Å². The maximum absolute atomic E-state index is 13.3. The van der Waals surface area contributed by atoms with Crippen LogP contribution in [-0.2, 0) is 14.4 Å². The maximum Gasteiger partial charge on any atom is 0.233 e. The molecule has 1 aliphatic heterocycles. The van der Waals surface area contributed by atoms with Crippen molar-refractivity contribution in [2.45, 2.75) is 45.1 Å². The number of carbonyl (C=O) groups excluding carboxylic acids is 4. The van der Waals surface area contributed by atoms with E-state index in [1.165, 1.54) is 13.3 Å². The van der Waals surface area contributed by atoms with Crippen molar-refractivity contribution in [2.75, 3.05) is 5.32 Å². The van der Waals surface area contributed by atoms with Gasteiger partial charge in [0.05, 0.1) is 11.8 Å². The van der Waals surface area contributed by atoms with Crippen LogP contribution < -0.4 is 5.32 Å². The molecule has 1 heterocycles. The lowest BCUT2D eigenvalue weighted by molar-refractivity contribution is -0.144. The van der Waals surface area contributed by atoms with E-state index < -0.39 is 0 Å². The molecule has 1 saturated heterocycles. The highest BCUT2D eigenvalue weighted by molar-refractivity contribution is 6.06. The van der Waals surface area contributed by atoms with Gasteiger partial charge in [0.1, 0.15) is 0 Å². The minimum atomic E-state index is -0.139. The highest BCUT2D eigenvalue weighted by Crippen LogP contribution is 2.65. The Labute approximate surface area is 187 Å². The molecule has 4 fully saturated rings. The third-order valence-corrected chi connectivity index (χ3v) is 8.69. The van der Waals surface area contributed by atoms with Crippen molar-refractivity contribution in [1.82, 2.24) is 4.90 Å². The Balaban J connectivity index is 1.09. The summed E-state index contributed by atoms with van der Waals surface area (Å²) in [6, 6.07) is 6.85. The van der Waals surface area contributed by atoms with Crippen molar-refractivity contribution in [1.29, 1.82) is 0 Å². The quantitative estimate of drug-likeness (QED) is 0.449. The molecule has 5 aliphatic carbocycles. The fraction of sp³-hybridized carbons (Fsp3) is 0.538. The third-order valence-electron chi connectivity index (χ3n) is 8.69. The first-order chi connectivity index (χ1) is 15.4. The fourth-order valence-electron chi connectivity index (χ4n) is 6.97. The topological polar surface area (TPSA) is 83.6 Å². The second-order valence-electron chi connectivity index (χ2n) is 10.3. The summed E-state index contributed by atoms with van der Waals surface area (Å²) in [6.45, 7) is 1.51. The van der Waals surface area contributed by atoms with Gasteiger partial charge in [-0.25, -0.2) is 0 Å². The van der Waals surface area contributed by atoms with Gasteiger partial charge in [-0.15, -0.1) is 0 Å². The second kappa shape index (κ2) is 7.12. The van der Waals surface area contributed by atoms with Gasteiger partial charge in [-0.3, -0.25) is 24.1 Å². The lowest BCUT2D eigenvalue weighted by atomic mass is 9.63. The van der Waals surface area contributed by atoms with Crippen molar-refractivity contribution in [3.63, 3.8) is 0 Å². The van der Waals surface area contributed by atoms with Crippen LogP contribution in [0.4, 0.5) is 5.69 Å². The number of amides is 3. The number of likely N-dealkylation sites (tertiary alicyclic amines) is 1. The number of benzene rings is 1. The molecule has 6 atom stereocenters. The van der Waals surface area contributed by atoms with Gasteiger partial charge in [0, 0.05) is 23.2 Å². The number of nitrogens with one attached hydrogen (secondary N) is 1. The lowest BCUT2D eigenvalue weighted by Gasteiger charge is -2.37. The number of rotatable bonds is 4. The zero-order valence-electron chi connectivity index (χ0n) is 18.2. The van der Waals surface area contributed by atoms with Gasteiger partial charge in [-0.1, -0.05) is 12.2 Å². The summed E-state index contributed by atoms with van der Waals surface area (Å²) < 4.78 is 0. The van der Waals surface area contributed by atoms with Gasteiger partial charge < -0.3 is 5.32 Å². The van der Waals surface area contributed by atoms with Crippen LogP contribution in [0.1, 0.15) is 49.4 Å². The molecule has 7 rings (SSSR count). The van der Waals surface area contributed by atoms with Crippen LogP contribution in [0.2, 0.25) is 0 Å². The molecule has 32 heavy (non-hydrogen) atoms. The summed E-state index contributed by atoms with van der Waals surface area (Å²) >= 11 is 0. The molecule has 0 radical (unpaired) electrons. The van der Waals surface area contributed by atoms with Gasteiger partial charge in [0.25, 0.3) is 0 Å². The van der Waals surface area contributed by atoms with Crippen molar-refractivity contribution in [2.24, 2.45) is 41.4 Å². The molecule has 6 aliphatic rings. The number of Topliss-reactive ketones (excluding diaryl/α,β-unsaturated/α-hetero) is 1. The van der Waals surface area contributed by atoms with E-state index in [9.17, 15) is 19.2 Å². The average molecular weight is 433 g/mol. The standard InChI is InChI=1S/C26H28N2O4/c1-13(29)14-2-6-16(7-3-14)27-24(30)15-4-8-17(9-5-15)28-25(31)22-18-10-11-19(21-12-20(18)21)23(22)26(28)32/h2-3,6-7,10-11,15,17-23H,4-5,8-9,12H2,1H3,(H,27,30)/t15?,17?,18-,19-,20-,21+,22+,23+/m0/s1. The van der Waals surface area contributed by atoms with E-state index in [-0.39, 0.29) is 59.1 Å². The second-order valence-corrected chi connectivity index (χ2v) is 10.3. The molecule has 0 unspecified atom stereocenters.